The van der Waals surface area contributed by atoms with Gasteiger partial charge in [0.15, 0.2) is 0 Å². The fraction of sp³-hybridized carbons (Fsp3) is 0.269. The number of hydrogen-bond donors (Lipinski definition) is 1. The number of rotatable bonds is 7. The Morgan fingerprint density at radius 1 is 0.971 bits per heavy atom. The van der Waals surface area contributed by atoms with Crippen LogP contribution in [0.3, 0.4) is 0 Å². The second-order valence-electron chi connectivity index (χ2n) is 8.35. The fourth-order valence-corrected chi connectivity index (χ4v) is 4.20. The van der Waals surface area contributed by atoms with Crippen LogP contribution in [0.2, 0.25) is 0 Å². The minimum absolute atomic E-state index is 0.238. The third kappa shape index (κ3) is 4.78. The molecule has 0 saturated carbocycles. The average Bonchev–Trinajstić information content (AvgIpc) is 3.21. The molecule has 3 aliphatic heterocycles. The van der Waals surface area contributed by atoms with Gasteiger partial charge >= 0.3 is 0 Å². The van der Waals surface area contributed by atoms with E-state index in [1.165, 1.54) is 4.68 Å². The van der Waals surface area contributed by atoms with Crippen LogP contribution in [-0.4, -0.2) is 64.5 Å². The highest BCUT2D eigenvalue weighted by Crippen LogP contribution is 2.23. The number of ether oxygens (including phenoxy) is 1. The predicted octanol–water partition coefficient (Wildman–Crippen LogP) is 2.25. The minimum Gasteiger partial charge on any atom is -0.379 e. The van der Waals surface area contributed by atoms with Gasteiger partial charge in [0.25, 0.3) is 11.5 Å². The van der Waals surface area contributed by atoms with E-state index < -0.39 is 0 Å². The molecular formula is C26H27N5O3. The van der Waals surface area contributed by atoms with E-state index >= 15 is 0 Å². The molecule has 0 unspecified atom stereocenters. The molecule has 34 heavy (non-hydrogen) atoms. The summed E-state index contributed by atoms with van der Waals surface area (Å²) in [4.78, 5) is 28.8. The molecule has 0 radical (unpaired) electrons. The van der Waals surface area contributed by atoms with Crippen LogP contribution in [0.4, 0.5) is 0 Å². The molecule has 2 aromatic carbocycles. The van der Waals surface area contributed by atoms with Gasteiger partial charge in [0.2, 0.25) is 0 Å². The molecule has 174 valence electrons. The number of carbonyl (C=O) groups is 1. The molecule has 1 amide bonds. The van der Waals surface area contributed by atoms with E-state index in [2.05, 4.69) is 15.3 Å². The Kier molecular flexibility index (Phi) is 6.51. The Morgan fingerprint density at radius 3 is 2.41 bits per heavy atom. The maximum atomic E-state index is 13.3. The number of pyridine rings is 1. The lowest BCUT2D eigenvalue weighted by Crippen LogP contribution is -2.41. The number of amides is 1. The van der Waals surface area contributed by atoms with Crippen molar-refractivity contribution in [3.8, 4) is 16.9 Å². The van der Waals surface area contributed by atoms with Gasteiger partial charge in [0.05, 0.1) is 30.0 Å². The van der Waals surface area contributed by atoms with Crippen LogP contribution in [0, 0.1) is 0 Å². The van der Waals surface area contributed by atoms with E-state index in [0.717, 1.165) is 38.4 Å². The van der Waals surface area contributed by atoms with Gasteiger partial charge in [-0.3, -0.25) is 14.5 Å². The van der Waals surface area contributed by atoms with Gasteiger partial charge in [0.1, 0.15) is 5.69 Å². The quantitative estimate of drug-likeness (QED) is 0.460. The smallest absolute Gasteiger partial charge is 0.282 e. The zero-order valence-electron chi connectivity index (χ0n) is 18.9. The lowest BCUT2D eigenvalue weighted by molar-refractivity contribution is 0.0383. The number of morpholine rings is 1. The van der Waals surface area contributed by atoms with Crippen LogP contribution in [0.25, 0.3) is 16.9 Å². The topological polar surface area (TPSA) is 81.4 Å². The molecule has 3 aliphatic rings. The van der Waals surface area contributed by atoms with Gasteiger partial charge in [-0.1, -0.05) is 48.5 Å². The number of nitrogens with one attached hydrogen (secondary N) is 1. The van der Waals surface area contributed by atoms with E-state index in [4.69, 9.17) is 4.74 Å². The monoisotopic (exact) mass is 457 g/mol. The SMILES string of the molecule is O=C(NCCN1CCOCC1)c1cn(Cc2ccccc2)cc2c(=O)n(-c3ccccc3)nc1-2. The highest BCUT2D eigenvalue weighted by atomic mass is 16.5. The molecule has 0 spiro atoms. The predicted molar refractivity (Wildman–Crippen MR) is 130 cm³/mol. The van der Waals surface area contributed by atoms with Gasteiger partial charge in [0, 0.05) is 45.1 Å². The fourth-order valence-electron chi connectivity index (χ4n) is 4.20. The highest BCUT2D eigenvalue weighted by molar-refractivity contribution is 5.99. The molecule has 0 aromatic heterocycles. The molecule has 0 atom stereocenters. The Labute approximate surface area is 197 Å². The molecule has 5 rings (SSSR count). The maximum Gasteiger partial charge on any atom is 0.282 e. The third-order valence-electron chi connectivity index (χ3n) is 5.99. The first-order valence-electron chi connectivity index (χ1n) is 11.5. The van der Waals surface area contributed by atoms with Crippen LogP contribution in [0.5, 0.6) is 0 Å². The Hall–Kier alpha value is -3.75. The largest absolute Gasteiger partial charge is 0.379 e. The number of fused-ring (bicyclic) bond motifs is 1. The average molecular weight is 458 g/mol. The molecule has 8 heteroatoms. The van der Waals surface area contributed by atoms with Gasteiger partial charge in [-0.2, -0.15) is 9.78 Å². The van der Waals surface area contributed by atoms with Crippen molar-refractivity contribution in [3.05, 3.63) is 94.5 Å². The first-order valence-corrected chi connectivity index (χ1v) is 11.5. The van der Waals surface area contributed by atoms with Crippen molar-refractivity contribution >= 4 is 5.91 Å². The number of para-hydroxylation sites is 1. The summed E-state index contributed by atoms with van der Waals surface area (Å²) in [6, 6.07) is 19.2. The molecule has 1 N–H and O–H groups in total. The summed E-state index contributed by atoms with van der Waals surface area (Å²) in [5, 5.41) is 7.56. The number of benzene rings is 2. The van der Waals surface area contributed by atoms with Gasteiger partial charge < -0.3 is 14.6 Å². The summed E-state index contributed by atoms with van der Waals surface area (Å²) in [7, 11) is 0. The summed E-state index contributed by atoms with van der Waals surface area (Å²) >= 11 is 0. The molecular weight excluding hydrogens is 430 g/mol. The van der Waals surface area contributed by atoms with Crippen molar-refractivity contribution in [1.29, 1.82) is 0 Å². The summed E-state index contributed by atoms with van der Waals surface area (Å²) in [6.07, 6.45) is 3.56. The zero-order chi connectivity index (χ0) is 23.3. The van der Waals surface area contributed by atoms with Crippen molar-refractivity contribution in [1.82, 2.24) is 24.6 Å². The maximum absolute atomic E-state index is 13.3. The minimum atomic E-state index is -0.244. The lowest BCUT2D eigenvalue weighted by atomic mass is 10.1. The zero-order valence-corrected chi connectivity index (χ0v) is 18.9. The number of carbonyl (C=O) groups excluding carboxylic acids is 1. The molecule has 0 bridgehead atoms. The van der Waals surface area contributed by atoms with E-state index in [1.54, 1.807) is 12.4 Å². The molecule has 8 nitrogen and oxygen atoms in total. The van der Waals surface area contributed by atoms with Crippen molar-refractivity contribution in [2.75, 3.05) is 39.4 Å². The second-order valence-corrected chi connectivity index (χ2v) is 8.35. The van der Waals surface area contributed by atoms with Gasteiger partial charge in [-0.15, -0.1) is 0 Å². The number of aromatic nitrogens is 3. The van der Waals surface area contributed by atoms with Crippen LogP contribution in [0.15, 0.2) is 77.9 Å². The molecule has 2 aromatic rings. The van der Waals surface area contributed by atoms with Crippen molar-refractivity contribution in [2.45, 2.75) is 6.54 Å². The molecule has 1 saturated heterocycles. The van der Waals surface area contributed by atoms with E-state index in [1.807, 2.05) is 65.2 Å². The van der Waals surface area contributed by atoms with Crippen molar-refractivity contribution in [2.24, 2.45) is 0 Å². The van der Waals surface area contributed by atoms with Gasteiger partial charge in [-0.05, 0) is 17.7 Å². The Bertz CT molecular complexity index is 1280. The summed E-state index contributed by atoms with van der Waals surface area (Å²) in [5.74, 6) is -0.238. The summed E-state index contributed by atoms with van der Waals surface area (Å²) < 4.78 is 8.63. The number of hydrogen-bond acceptors (Lipinski definition) is 5. The standard InChI is InChI=1S/C26H27N5O3/c32-25(27-11-12-29-13-15-34-16-14-29)22-18-30(17-20-7-3-1-4-8-20)19-23-24(22)28-31(26(23)33)21-9-5-2-6-10-21/h1-10,18-19H,11-17H2,(H,27,32). The van der Waals surface area contributed by atoms with Crippen LogP contribution in [-0.2, 0) is 11.3 Å². The van der Waals surface area contributed by atoms with Gasteiger partial charge in [-0.25, -0.2) is 0 Å². The second kappa shape index (κ2) is 10.0. The normalized spacial score (nSPS) is 14.4. The van der Waals surface area contributed by atoms with E-state index in [0.29, 0.717) is 35.6 Å². The summed E-state index contributed by atoms with van der Waals surface area (Å²) in [5.41, 5.74) is 2.71. The lowest BCUT2D eigenvalue weighted by Gasteiger charge is -2.26. The highest BCUT2D eigenvalue weighted by Gasteiger charge is 2.24. The van der Waals surface area contributed by atoms with Crippen LogP contribution < -0.4 is 10.9 Å². The third-order valence-corrected chi connectivity index (χ3v) is 5.99. The molecule has 3 heterocycles. The van der Waals surface area contributed by atoms with E-state index in [-0.39, 0.29) is 11.5 Å². The first kappa shape index (κ1) is 22.1. The van der Waals surface area contributed by atoms with Crippen molar-refractivity contribution in [3.63, 3.8) is 0 Å². The van der Waals surface area contributed by atoms with Crippen molar-refractivity contribution < 1.29 is 9.53 Å². The number of nitrogens with zero attached hydrogens (tertiary/aromatic N) is 4. The van der Waals surface area contributed by atoms with Crippen LogP contribution >= 0.6 is 0 Å². The Morgan fingerprint density at radius 2 is 1.68 bits per heavy atom. The Balaban J connectivity index is 1.47. The first-order chi connectivity index (χ1) is 16.7. The summed E-state index contributed by atoms with van der Waals surface area (Å²) in [6.45, 7) is 4.97. The molecule has 0 aliphatic carbocycles. The van der Waals surface area contributed by atoms with Crippen LogP contribution in [0.1, 0.15) is 15.9 Å². The van der Waals surface area contributed by atoms with E-state index in [9.17, 15) is 9.59 Å². The molecule has 1 fully saturated rings.